The SMILES string of the molecule is O=c1nc(SCc2cccc(Cl)c2)n(-c2ccc(Cl)cc2)c2c1ncn2C1CC1. The third-order valence-electron chi connectivity index (χ3n) is 4.85. The lowest BCUT2D eigenvalue weighted by molar-refractivity contribution is 0.725. The van der Waals surface area contributed by atoms with Gasteiger partial charge in [0, 0.05) is 27.5 Å². The molecular weight excluding hydrogens is 427 g/mol. The Balaban J connectivity index is 1.67. The van der Waals surface area contributed by atoms with Crippen LogP contribution >= 0.6 is 35.0 Å². The summed E-state index contributed by atoms with van der Waals surface area (Å²) in [5.41, 5.74) is 2.82. The van der Waals surface area contributed by atoms with Gasteiger partial charge in [0.1, 0.15) is 0 Å². The standard InChI is InChI=1S/C21H16Cl2N4OS/c22-14-4-6-17(7-5-14)27-20-18(24-12-26(20)16-8-9-16)19(28)25-21(27)29-11-13-2-1-3-15(23)10-13/h1-7,10,12,16H,8-9,11H2. The molecule has 5 nitrogen and oxygen atoms in total. The number of rotatable bonds is 5. The van der Waals surface area contributed by atoms with E-state index in [1.54, 1.807) is 6.33 Å². The van der Waals surface area contributed by atoms with Gasteiger partial charge in [0.05, 0.1) is 6.33 Å². The van der Waals surface area contributed by atoms with Crippen LogP contribution < -0.4 is 5.56 Å². The van der Waals surface area contributed by atoms with Crippen molar-refractivity contribution < 1.29 is 0 Å². The fourth-order valence-corrected chi connectivity index (χ4v) is 4.60. The van der Waals surface area contributed by atoms with E-state index >= 15 is 0 Å². The van der Waals surface area contributed by atoms with Gasteiger partial charge in [-0.2, -0.15) is 4.98 Å². The van der Waals surface area contributed by atoms with E-state index in [4.69, 9.17) is 23.2 Å². The Labute approximate surface area is 181 Å². The molecule has 0 unspecified atom stereocenters. The molecule has 4 aromatic rings. The molecule has 1 fully saturated rings. The van der Waals surface area contributed by atoms with Gasteiger partial charge in [-0.3, -0.25) is 9.36 Å². The third-order valence-corrected chi connectivity index (χ3v) is 6.35. The highest BCUT2D eigenvalue weighted by Gasteiger charge is 2.28. The molecule has 0 bridgehead atoms. The number of hydrogen-bond donors (Lipinski definition) is 0. The number of aromatic nitrogens is 4. The molecule has 2 aromatic carbocycles. The van der Waals surface area contributed by atoms with E-state index in [1.807, 2.05) is 53.1 Å². The molecule has 5 rings (SSSR count). The van der Waals surface area contributed by atoms with Crippen molar-refractivity contribution in [1.82, 2.24) is 19.1 Å². The molecule has 0 N–H and O–H groups in total. The van der Waals surface area contributed by atoms with E-state index in [0.717, 1.165) is 29.7 Å². The molecule has 1 aliphatic carbocycles. The lowest BCUT2D eigenvalue weighted by atomic mass is 10.2. The van der Waals surface area contributed by atoms with Crippen molar-refractivity contribution in [3.8, 4) is 5.69 Å². The van der Waals surface area contributed by atoms with Crippen LogP contribution in [0.1, 0.15) is 24.4 Å². The number of benzene rings is 2. The molecule has 0 atom stereocenters. The highest BCUT2D eigenvalue weighted by Crippen LogP contribution is 2.38. The van der Waals surface area contributed by atoms with Crippen molar-refractivity contribution in [2.45, 2.75) is 29.8 Å². The first-order chi connectivity index (χ1) is 14.1. The quantitative estimate of drug-likeness (QED) is 0.301. The van der Waals surface area contributed by atoms with Gasteiger partial charge >= 0.3 is 5.56 Å². The number of thioether (sulfide) groups is 1. The van der Waals surface area contributed by atoms with E-state index in [2.05, 4.69) is 14.5 Å². The van der Waals surface area contributed by atoms with Crippen LogP contribution in [0.15, 0.2) is 64.8 Å². The number of hydrogen-bond acceptors (Lipinski definition) is 4. The summed E-state index contributed by atoms with van der Waals surface area (Å²) >= 11 is 13.7. The average Bonchev–Trinajstić information content (AvgIpc) is 3.46. The molecule has 0 aliphatic heterocycles. The van der Waals surface area contributed by atoms with Crippen LogP contribution in [0.3, 0.4) is 0 Å². The van der Waals surface area contributed by atoms with Crippen molar-refractivity contribution in [3.63, 3.8) is 0 Å². The Morgan fingerprint density at radius 2 is 1.86 bits per heavy atom. The van der Waals surface area contributed by atoms with Crippen LogP contribution in [0.25, 0.3) is 16.9 Å². The summed E-state index contributed by atoms with van der Waals surface area (Å²) in [6.07, 6.45) is 3.93. The highest BCUT2D eigenvalue weighted by atomic mass is 35.5. The lowest BCUT2D eigenvalue weighted by Gasteiger charge is -2.16. The van der Waals surface area contributed by atoms with Gasteiger partial charge in [0.25, 0.3) is 0 Å². The van der Waals surface area contributed by atoms with Gasteiger partial charge in [0.2, 0.25) is 0 Å². The topological polar surface area (TPSA) is 52.7 Å². The molecule has 0 spiro atoms. The van der Waals surface area contributed by atoms with Crippen LogP contribution in [-0.4, -0.2) is 19.1 Å². The fraction of sp³-hybridized carbons (Fsp3) is 0.190. The molecule has 0 saturated heterocycles. The Bertz CT molecular complexity index is 1260. The number of fused-ring (bicyclic) bond motifs is 1. The van der Waals surface area contributed by atoms with Gasteiger partial charge in [-0.15, -0.1) is 0 Å². The van der Waals surface area contributed by atoms with Crippen LogP contribution in [-0.2, 0) is 5.75 Å². The van der Waals surface area contributed by atoms with Crippen molar-refractivity contribution in [3.05, 3.63) is 80.8 Å². The summed E-state index contributed by atoms with van der Waals surface area (Å²) in [5, 5.41) is 1.96. The first kappa shape index (κ1) is 18.7. The maximum absolute atomic E-state index is 12.7. The monoisotopic (exact) mass is 442 g/mol. The maximum Gasteiger partial charge on any atom is 0.301 e. The molecule has 2 heterocycles. The van der Waals surface area contributed by atoms with Crippen molar-refractivity contribution >= 4 is 46.1 Å². The second kappa shape index (κ2) is 7.52. The first-order valence-corrected chi connectivity index (χ1v) is 11.0. The first-order valence-electron chi connectivity index (χ1n) is 9.23. The summed E-state index contributed by atoms with van der Waals surface area (Å²) in [6.45, 7) is 0. The summed E-state index contributed by atoms with van der Waals surface area (Å²) in [7, 11) is 0. The van der Waals surface area contributed by atoms with Crippen LogP contribution in [0.2, 0.25) is 10.0 Å². The second-order valence-electron chi connectivity index (χ2n) is 6.99. The van der Waals surface area contributed by atoms with Gasteiger partial charge in [0.15, 0.2) is 16.3 Å². The van der Waals surface area contributed by atoms with Gasteiger partial charge in [-0.25, -0.2) is 4.98 Å². The number of imidazole rings is 1. The van der Waals surface area contributed by atoms with Crippen molar-refractivity contribution in [2.75, 3.05) is 0 Å². The Hall–Kier alpha value is -2.28. The predicted molar refractivity (Wildman–Crippen MR) is 117 cm³/mol. The van der Waals surface area contributed by atoms with Crippen molar-refractivity contribution in [1.29, 1.82) is 0 Å². The summed E-state index contributed by atoms with van der Waals surface area (Å²) < 4.78 is 4.10. The Morgan fingerprint density at radius 1 is 1.07 bits per heavy atom. The Kier molecular flexibility index (Phi) is 4.86. The molecular formula is C21H16Cl2N4OS. The Morgan fingerprint density at radius 3 is 2.59 bits per heavy atom. The largest absolute Gasteiger partial charge is 0.313 e. The molecule has 0 amide bonds. The zero-order valence-electron chi connectivity index (χ0n) is 15.3. The maximum atomic E-state index is 12.7. The van der Waals surface area contributed by atoms with Gasteiger partial charge in [-0.1, -0.05) is 47.1 Å². The minimum Gasteiger partial charge on any atom is -0.313 e. The van der Waals surface area contributed by atoms with E-state index in [1.165, 1.54) is 11.8 Å². The number of nitrogens with zero attached hydrogens (tertiary/aromatic N) is 4. The number of halogens is 2. The summed E-state index contributed by atoms with van der Waals surface area (Å²) in [6, 6.07) is 15.6. The molecule has 8 heteroatoms. The summed E-state index contributed by atoms with van der Waals surface area (Å²) in [4.78, 5) is 21.4. The van der Waals surface area contributed by atoms with Crippen LogP contribution in [0.4, 0.5) is 0 Å². The highest BCUT2D eigenvalue weighted by molar-refractivity contribution is 7.98. The van der Waals surface area contributed by atoms with E-state index in [9.17, 15) is 4.79 Å². The molecule has 1 saturated carbocycles. The minimum atomic E-state index is -0.307. The molecule has 2 aromatic heterocycles. The van der Waals surface area contributed by atoms with Gasteiger partial charge in [-0.05, 0) is 54.8 Å². The van der Waals surface area contributed by atoms with Crippen LogP contribution in [0.5, 0.6) is 0 Å². The minimum absolute atomic E-state index is 0.307. The molecule has 146 valence electrons. The lowest BCUT2D eigenvalue weighted by Crippen LogP contribution is -2.17. The second-order valence-corrected chi connectivity index (χ2v) is 8.80. The predicted octanol–water partition coefficient (Wildman–Crippen LogP) is 5.52. The molecule has 0 radical (unpaired) electrons. The van der Waals surface area contributed by atoms with Crippen molar-refractivity contribution in [2.24, 2.45) is 0 Å². The smallest absolute Gasteiger partial charge is 0.301 e. The normalized spacial score (nSPS) is 13.9. The molecule has 29 heavy (non-hydrogen) atoms. The fourth-order valence-electron chi connectivity index (χ4n) is 3.32. The third kappa shape index (κ3) is 3.68. The van der Waals surface area contributed by atoms with Gasteiger partial charge < -0.3 is 4.57 Å². The zero-order chi connectivity index (χ0) is 20.0. The summed E-state index contributed by atoms with van der Waals surface area (Å²) in [5.74, 6) is 0.643. The average molecular weight is 443 g/mol. The van der Waals surface area contributed by atoms with Crippen LogP contribution in [0, 0.1) is 0 Å². The van der Waals surface area contributed by atoms with E-state index in [-0.39, 0.29) is 5.56 Å². The molecule has 1 aliphatic rings. The zero-order valence-corrected chi connectivity index (χ0v) is 17.6. The van der Waals surface area contributed by atoms with E-state index in [0.29, 0.717) is 32.5 Å². The van der Waals surface area contributed by atoms with E-state index < -0.39 is 0 Å².